The molecule has 8 nitrogen and oxygen atoms in total. The van der Waals surface area contributed by atoms with E-state index in [1.807, 2.05) is 38.1 Å². The molecule has 2 aromatic carbocycles. The zero-order valence-electron chi connectivity index (χ0n) is 18.4. The van der Waals surface area contributed by atoms with E-state index in [2.05, 4.69) is 25.9 Å². The summed E-state index contributed by atoms with van der Waals surface area (Å²) in [6, 6.07) is 13.8. The molecule has 1 heterocycles. The second-order valence-electron chi connectivity index (χ2n) is 8.60. The fraction of sp³-hybridized carbons (Fsp3) is 0.348. The van der Waals surface area contributed by atoms with Crippen LogP contribution in [0.4, 0.5) is 16.4 Å². The number of aromatic amines is 1. The number of rotatable bonds is 6. The van der Waals surface area contributed by atoms with Gasteiger partial charge in [0.05, 0.1) is 11.0 Å². The summed E-state index contributed by atoms with van der Waals surface area (Å²) < 4.78 is 5.33. The van der Waals surface area contributed by atoms with Crippen molar-refractivity contribution in [1.82, 2.24) is 15.3 Å². The molecule has 0 unspecified atom stereocenters. The van der Waals surface area contributed by atoms with E-state index < -0.39 is 17.7 Å². The van der Waals surface area contributed by atoms with E-state index in [9.17, 15) is 9.59 Å². The van der Waals surface area contributed by atoms with Crippen molar-refractivity contribution < 1.29 is 14.3 Å². The molecule has 0 spiro atoms. The third kappa shape index (κ3) is 6.21. The molecule has 31 heavy (non-hydrogen) atoms. The maximum Gasteiger partial charge on any atom is 0.408 e. The van der Waals surface area contributed by atoms with Crippen LogP contribution in [0.15, 0.2) is 48.5 Å². The van der Waals surface area contributed by atoms with Crippen molar-refractivity contribution in [2.45, 2.75) is 52.3 Å². The zero-order chi connectivity index (χ0) is 22.6. The van der Waals surface area contributed by atoms with Crippen LogP contribution in [0.1, 0.15) is 46.2 Å². The molecule has 2 amide bonds. The summed E-state index contributed by atoms with van der Waals surface area (Å²) >= 11 is 0. The maximum absolute atomic E-state index is 13.1. The number of benzene rings is 2. The fourth-order valence-corrected chi connectivity index (χ4v) is 3.01. The van der Waals surface area contributed by atoms with E-state index in [0.717, 1.165) is 11.0 Å². The molecule has 0 aliphatic rings. The molecule has 164 valence electrons. The highest BCUT2D eigenvalue weighted by Crippen LogP contribution is 2.22. The lowest BCUT2D eigenvalue weighted by atomic mass is 10.1. The van der Waals surface area contributed by atoms with Crippen molar-refractivity contribution >= 4 is 34.7 Å². The third-order valence-electron chi connectivity index (χ3n) is 4.23. The fourth-order valence-electron chi connectivity index (χ4n) is 3.01. The van der Waals surface area contributed by atoms with E-state index in [1.165, 1.54) is 0 Å². The summed E-state index contributed by atoms with van der Waals surface area (Å²) in [7, 11) is 0. The lowest BCUT2D eigenvalue weighted by Crippen LogP contribution is -2.40. The number of hydrogen-bond donors (Lipinski definition) is 4. The number of aromatic nitrogens is 2. The number of carbonyl (C=O) groups is 2. The summed E-state index contributed by atoms with van der Waals surface area (Å²) in [5.74, 6) is 0.290. The molecule has 8 heteroatoms. The molecule has 1 aromatic heterocycles. The van der Waals surface area contributed by atoms with Crippen LogP contribution >= 0.6 is 0 Å². The standard InChI is InChI=1S/C23H29N5O3/c1-14(2)24-21-26-17-12-11-16(13-18(17)27-21)25-20(29)19(15-9-7-6-8-10-15)28-22(30)31-23(3,4)5/h6-14,19H,1-5H3,(H,25,29)(H,28,30)(H2,24,26,27)/t19-/m0/s1. The van der Waals surface area contributed by atoms with Crippen LogP contribution in [-0.4, -0.2) is 33.6 Å². The highest BCUT2D eigenvalue weighted by Gasteiger charge is 2.26. The second-order valence-corrected chi connectivity index (χ2v) is 8.60. The Balaban J connectivity index is 1.80. The third-order valence-corrected chi connectivity index (χ3v) is 4.23. The minimum absolute atomic E-state index is 0.241. The van der Waals surface area contributed by atoms with Crippen LogP contribution < -0.4 is 16.0 Å². The summed E-state index contributed by atoms with van der Waals surface area (Å²) in [6.07, 6.45) is -0.662. The minimum Gasteiger partial charge on any atom is -0.444 e. The number of anilines is 2. The monoisotopic (exact) mass is 423 g/mol. The van der Waals surface area contributed by atoms with Crippen molar-refractivity contribution in [3.8, 4) is 0 Å². The topological polar surface area (TPSA) is 108 Å². The van der Waals surface area contributed by atoms with Crippen LogP contribution in [0.2, 0.25) is 0 Å². The van der Waals surface area contributed by atoms with Gasteiger partial charge < -0.3 is 25.7 Å². The Labute approximate surface area is 181 Å². The normalized spacial score (nSPS) is 12.5. The lowest BCUT2D eigenvalue weighted by Gasteiger charge is -2.23. The van der Waals surface area contributed by atoms with Gasteiger partial charge in [-0.1, -0.05) is 30.3 Å². The van der Waals surface area contributed by atoms with E-state index >= 15 is 0 Å². The number of ether oxygens (including phenoxy) is 1. The number of carbonyl (C=O) groups excluding carboxylic acids is 2. The van der Waals surface area contributed by atoms with Crippen molar-refractivity contribution in [3.05, 3.63) is 54.1 Å². The first-order valence-electron chi connectivity index (χ1n) is 10.2. The molecule has 1 atom stereocenters. The molecule has 0 saturated carbocycles. The Hall–Kier alpha value is -3.55. The highest BCUT2D eigenvalue weighted by atomic mass is 16.6. The van der Waals surface area contributed by atoms with Crippen molar-refractivity contribution in [3.63, 3.8) is 0 Å². The average Bonchev–Trinajstić information content (AvgIpc) is 3.06. The first-order chi connectivity index (χ1) is 14.6. The summed E-state index contributed by atoms with van der Waals surface area (Å²) in [5, 5.41) is 8.76. The first kappa shape index (κ1) is 22.1. The number of amides is 2. The van der Waals surface area contributed by atoms with E-state index in [0.29, 0.717) is 17.2 Å². The quantitative estimate of drug-likeness (QED) is 0.464. The molecule has 0 fully saturated rings. The average molecular weight is 424 g/mol. The zero-order valence-corrected chi connectivity index (χ0v) is 18.4. The van der Waals surface area contributed by atoms with Gasteiger partial charge >= 0.3 is 6.09 Å². The van der Waals surface area contributed by atoms with Gasteiger partial charge in [0.1, 0.15) is 11.6 Å². The Morgan fingerprint density at radius 3 is 2.42 bits per heavy atom. The van der Waals surface area contributed by atoms with Gasteiger partial charge in [-0.25, -0.2) is 9.78 Å². The molecule has 0 radical (unpaired) electrons. The number of fused-ring (bicyclic) bond motifs is 1. The molecular formula is C23H29N5O3. The van der Waals surface area contributed by atoms with Gasteiger partial charge in [0.2, 0.25) is 5.95 Å². The van der Waals surface area contributed by atoms with Gasteiger partial charge in [-0.2, -0.15) is 0 Å². The van der Waals surface area contributed by atoms with E-state index in [4.69, 9.17) is 4.74 Å². The van der Waals surface area contributed by atoms with Gasteiger partial charge in [-0.15, -0.1) is 0 Å². The number of H-pyrrole nitrogens is 1. The van der Waals surface area contributed by atoms with E-state index in [1.54, 1.807) is 45.0 Å². The second kappa shape index (κ2) is 9.07. The van der Waals surface area contributed by atoms with Gasteiger partial charge in [0.15, 0.2) is 0 Å². The minimum atomic E-state index is -0.910. The SMILES string of the molecule is CC(C)Nc1nc2ccc(NC(=O)[C@@H](NC(=O)OC(C)(C)C)c3ccccc3)cc2[nH]1. The number of imidazole rings is 1. The molecular weight excluding hydrogens is 394 g/mol. The van der Waals surface area contributed by atoms with Crippen LogP contribution in [0.5, 0.6) is 0 Å². The Kier molecular flexibility index (Phi) is 6.48. The van der Waals surface area contributed by atoms with Crippen molar-refractivity contribution in [2.24, 2.45) is 0 Å². The predicted octanol–water partition coefficient (Wildman–Crippen LogP) is 4.59. The van der Waals surface area contributed by atoms with Gasteiger partial charge in [0.25, 0.3) is 5.91 Å². The molecule has 3 aromatic rings. The maximum atomic E-state index is 13.1. The van der Waals surface area contributed by atoms with Crippen LogP contribution in [0.3, 0.4) is 0 Å². The summed E-state index contributed by atoms with van der Waals surface area (Å²) in [4.78, 5) is 33.1. The largest absolute Gasteiger partial charge is 0.444 e. The highest BCUT2D eigenvalue weighted by molar-refractivity contribution is 5.98. The van der Waals surface area contributed by atoms with Gasteiger partial charge in [0, 0.05) is 11.7 Å². The number of hydrogen-bond acceptors (Lipinski definition) is 5. The van der Waals surface area contributed by atoms with Crippen LogP contribution in [0.25, 0.3) is 11.0 Å². The molecule has 4 N–H and O–H groups in total. The van der Waals surface area contributed by atoms with Crippen molar-refractivity contribution in [1.29, 1.82) is 0 Å². The van der Waals surface area contributed by atoms with Crippen molar-refractivity contribution in [2.75, 3.05) is 10.6 Å². The Morgan fingerprint density at radius 2 is 1.77 bits per heavy atom. The van der Waals surface area contributed by atoms with Crippen LogP contribution in [-0.2, 0) is 9.53 Å². The first-order valence-corrected chi connectivity index (χ1v) is 10.2. The number of alkyl carbamates (subject to hydrolysis) is 1. The molecule has 0 saturated heterocycles. The molecule has 3 rings (SSSR count). The molecule has 0 bridgehead atoms. The molecule has 0 aliphatic heterocycles. The van der Waals surface area contributed by atoms with E-state index in [-0.39, 0.29) is 11.9 Å². The van der Waals surface area contributed by atoms with Gasteiger partial charge in [-0.3, -0.25) is 4.79 Å². The number of nitrogens with zero attached hydrogens (tertiary/aromatic N) is 1. The predicted molar refractivity (Wildman–Crippen MR) is 122 cm³/mol. The van der Waals surface area contributed by atoms with Gasteiger partial charge in [-0.05, 0) is 58.4 Å². The lowest BCUT2D eigenvalue weighted by molar-refractivity contribution is -0.118. The summed E-state index contributed by atoms with van der Waals surface area (Å²) in [5.41, 5.74) is 2.14. The summed E-state index contributed by atoms with van der Waals surface area (Å²) in [6.45, 7) is 9.37. The Morgan fingerprint density at radius 1 is 1.06 bits per heavy atom. The molecule has 0 aliphatic carbocycles. The Bertz CT molecular complexity index is 1050. The van der Waals surface area contributed by atoms with Crippen LogP contribution in [0, 0.1) is 0 Å². The smallest absolute Gasteiger partial charge is 0.408 e. The number of nitrogens with one attached hydrogen (secondary N) is 4.